The summed E-state index contributed by atoms with van der Waals surface area (Å²) in [5, 5.41) is 7.62. The zero-order valence-electron chi connectivity index (χ0n) is 16.9. The van der Waals surface area contributed by atoms with E-state index in [4.69, 9.17) is 9.47 Å². The van der Waals surface area contributed by atoms with Crippen LogP contribution in [0.15, 0.2) is 42.5 Å². The van der Waals surface area contributed by atoms with E-state index in [0.29, 0.717) is 23.6 Å². The van der Waals surface area contributed by atoms with Crippen LogP contribution in [0.2, 0.25) is 0 Å². The van der Waals surface area contributed by atoms with E-state index in [0.717, 1.165) is 28.2 Å². The molecule has 6 nitrogen and oxygen atoms in total. The molecule has 0 fully saturated rings. The first-order valence-electron chi connectivity index (χ1n) is 9.06. The number of aromatic nitrogens is 2. The Labute approximate surface area is 165 Å². The third kappa shape index (κ3) is 3.86. The second-order valence-electron chi connectivity index (χ2n) is 6.66. The molecular weight excluding hydrogens is 354 g/mol. The number of ether oxygens (including phenoxy) is 2. The van der Waals surface area contributed by atoms with Crippen molar-refractivity contribution >= 4 is 11.6 Å². The van der Waals surface area contributed by atoms with Gasteiger partial charge in [-0.1, -0.05) is 24.3 Å². The van der Waals surface area contributed by atoms with E-state index >= 15 is 0 Å². The molecule has 0 saturated heterocycles. The fourth-order valence-corrected chi connectivity index (χ4v) is 3.19. The van der Waals surface area contributed by atoms with Gasteiger partial charge in [0.1, 0.15) is 0 Å². The van der Waals surface area contributed by atoms with Crippen molar-refractivity contribution in [2.24, 2.45) is 0 Å². The van der Waals surface area contributed by atoms with Crippen LogP contribution >= 0.6 is 0 Å². The highest BCUT2D eigenvalue weighted by Crippen LogP contribution is 2.29. The minimum absolute atomic E-state index is 0.130. The Morgan fingerprint density at radius 1 is 1.04 bits per heavy atom. The molecule has 1 amide bonds. The Morgan fingerprint density at radius 3 is 2.43 bits per heavy atom. The molecular formula is C22H25N3O3. The van der Waals surface area contributed by atoms with Gasteiger partial charge in [0.25, 0.3) is 5.91 Å². The molecule has 2 aromatic carbocycles. The predicted octanol–water partition coefficient (Wildman–Crippen LogP) is 4.13. The summed E-state index contributed by atoms with van der Waals surface area (Å²) >= 11 is 0. The van der Waals surface area contributed by atoms with Gasteiger partial charge in [0, 0.05) is 5.56 Å². The van der Waals surface area contributed by atoms with Crippen molar-refractivity contribution in [1.29, 1.82) is 0 Å². The predicted molar refractivity (Wildman–Crippen MR) is 109 cm³/mol. The maximum absolute atomic E-state index is 12.7. The number of benzene rings is 2. The average molecular weight is 379 g/mol. The van der Waals surface area contributed by atoms with E-state index in [2.05, 4.69) is 10.4 Å². The molecule has 0 aliphatic carbocycles. The molecule has 6 heteroatoms. The van der Waals surface area contributed by atoms with Gasteiger partial charge in [-0.05, 0) is 50.1 Å². The molecule has 1 aromatic heterocycles. The Balaban J connectivity index is 1.84. The molecule has 0 radical (unpaired) electrons. The summed E-state index contributed by atoms with van der Waals surface area (Å²) in [6, 6.07) is 13.3. The third-order valence-corrected chi connectivity index (χ3v) is 4.79. The maximum atomic E-state index is 12.7. The van der Waals surface area contributed by atoms with Crippen molar-refractivity contribution in [3.63, 3.8) is 0 Å². The molecule has 0 spiro atoms. The highest BCUT2D eigenvalue weighted by atomic mass is 16.5. The number of methoxy groups -OCH3 is 2. The number of hydrogen-bond acceptors (Lipinski definition) is 4. The molecule has 1 N–H and O–H groups in total. The van der Waals surface area contributed by atoms with Crippen LogP contribution in [0.5, 0.6) is 11.5 Å². The summed E-state index contributed by atoms with van der Waals surface area (Å²) in [5.41, 5.74) is 5.05. The van der Waals surface area contributed by atoms with Gasteiger partial charge in [-0.15, -0.1) is 0 Å². The van der Waals surface area contributed by atoms with Crippen molar-refractivity contribution in [3.05, 3.63) is 70.5 Å². The highest BCUT2D eigenvalue weighted by Gasteiger charge is 2.17. The molecule has 1 heterocycles. The number of amides is 1. The van der Waals surface area contributed by atoms with E-state index in [-0.39, 0.29) is 5.91 Å². The lowest BCUT2D eigenvalue weighted by atomic mass is 10.1. The standard InChI is InChI=1S/C22H25N3O3/c1-14-8-6-7-9-18(14)22(26)23-21-15(2)24-25(16(21)3)13-17-10-11-19(27-4)20(12-17)28-5/h6-12H,13H2,1-5H3,(H,23,26). The number of nitrogens with zero attached hydrogens (tertiary/aromatic N) is 2. The number of carbonyl (C=O) groups is 1. The van der Waals surface area contributed by atoms with Gasteiger partial charge in [-0.25, -0.2) is 0 Å². The summed E-state index contributed by atoms with van der Waals surface area (Å²) in [7, 11) is 3.23. The number of hydrogen-bond donors (Lipinski definition) is 1. The van der Waals surface area contributed by atoms with Crippen molar-refractivity contribution in [2.45, 2.75) is 27.3 Å². The average Bonchev–Trinajstić information content (AvgIpc) is 2.95. The number of nitrogens with one attached hydrogen (secondary N) is 1. The SMILES string of the molecule is COc1ccc(Cn2nc(C)c(NC(=O)c3ccccc3C)c2C)cc1OC. The normalized spacial score (nSPS) is 10.6. The smallest absolute Gasteiger partial charge is 0.256 e. The molecule has 0 atom stereocenters. The first kappa shape index (κ1) is 19.5. The van der Waals surface area contributed by atoms with Gasteiger partial charge in [-0.2, -0.15) is 5.10 Å². The molecule has 0 unspecified atom stereocenters. The van der Waals surface area contributed by atoms with Crippen LogP contribution in [0.4, 0.5) is 5.69 Å². The summed E-state index contributed by atoms with van der Waals surface area (Å²) in [4.78, 5) is 12.7. The first-order chi connectivity index (χ1) is 13.4. The largest absolute Gasteiger partial charge is 0.493 e. The van der Waals surface area contributed by atoms with Gasteiger partial charge in [0.15, 0.2) is 11.5 Å². The van der Waals surface area contributed by atoms with Gasteiger partial charge in [0.05, 0.1) is 37.8 Å². The third-order valence-electron chi connectivity index (χ3n) is 4.79. The Bertz CT molecular complexity index is 1010. The fraction of sp³-hybridized carbons (Fsp3) is 0.273. The van der Waals surface area contributed by atoms with Crippen LogP contribution in [-0.4, -0.2) is 29.9 Å². The lowest BCUT2D eigenvalue weighted by Crippen LogP contribution is -2.14. The van der Waals surface area contributed by atoms with Crippen LogP contribution in [0, 0.1) is 20.8 Å². The Hall–Kier alpha value is -3.28. The number of carbonyl (C=O) groups excluding carboxylic acids is 1. The summed E-state index contributed by atoms with van der Waals surface area (Å²) in [6.07, 6.45) is 0. The topological polar surface area (TPSA) is 65.4 Å². The minimum Gasteiger partial charge on any atom is -0.493 e. The zero-order valence-corrected chi connectivity index (χ0v) is 16.9. The lowest BCUT2D eigenvalue weighted by molar-refractivity contribution is 0.102. The van der Waals surface area contributed by atoms with Crippen molar-refractivity contribution < 1.29 is 14.3 Å². The number of aryl methyl sites for hydroxylation is 2. The van der Waals surface area contributed by atoms with Gasteiger partial charge >= 0.3 is 0 Å². The quantitative estimate of drug-likeness (QED) is 0.699. The second-order valence-corrected chi connectivity index (χ2v) is 6.66. The van der Waals surface area contributed by atoms with Gasteiger partial charge < -0.3 is 14.8 Å². The lowest BCUT2D eigenvalue weighted by Gasteiger charge is -2.11. The molecule has 146 valence electrons. The summed E-state index contributed by atoms with van der Waals surface area (Å²) < 4.78 is 12.5. The second kappa shape index (κ2) is 8.17. The molecule has 3 aromatic rings. The van der Waals surface area contributed by atoms with E-state index in [9.17, 15) is 4.79 Å². The fourth-order valence-electron chi connectivity index (χ4n) is 3.19. The molecule has 3 rings (SSSR count). The minimum atomic E-state index is -0.130. The van der Waals surface area contributed by atoms with Crippen LogP contribution in [-0.2, 0) is 6.54 Å². The first-order valence-corrected chi connectivity index (χ1v) is 9.06. The maximum Gasteiger partial charge on any atom is 0.256 e. The van der Waals surface area contributed by atoms with Crippen molar-refractivity contribution in [2.75, 3.05) is 19.5 Å². The van der Waals surface area contributed by atoms with Gasteiger partial charge in [-0.3, -0.25) is 9.48 Å². The van der Waals surface area contributed by atoms with Crippen molar-refractivity contribution in [3.8, 4) is 11.5 Å². The van der Waals surface area contributed by atoms with E-state index in [1.807, 2.05) is 67.9 Å². The monoisotopic (exact) mass is 379 g/mol. The Morgan fingerprint density at radius 2 is 1.75 bits per heavy atom. The highest BCUT2D eigenvalue weighted by molar-refractivity contribution is 6.05. The summed E-state index contributed by atoms with van der Waals surface area (Å²) in [5.74, 6) is 1.23. The molecule has 0 aliphatic heterocycles. The van der Waals surface area contributed by atoms with Crippen molar-refractivity contribution in [1.82, 2.24) is 9.78 Å². The Kier molecular flexibility index (Phi) is 5.68. The van der Waals surface area contributed by atoms with Crippen LogP contribution in [0.3, 0.4) is 0 Å². The van der Waals surface area contributed by atoms with Crippen LogP contribution in [0.25, 0.3) is 0 Å². The molecule has 0 saturated carbocycles. The van der Waals surface area contributed by atoms with E-state index < -0.39 is 0 Å². The van der Waals surface area contributed by atoms with E-state index in [1.54, 1.807) is 14.2 Å². The molecule has 0 bridgehead atoms. The molecule has 0 aliphatic rings. The number of rotatable bonds is 6. The zero-order chi connectivity index (χ0) is 20.3. The van der Waals surface area contributed by atoms with Crippen LogP contribution < -0.4 is 14.8 Å². The molecule has 28 heavy (non-hydrogen) atoms. The number of anilines is 1. The summed E-state index contributed by atoms with van der Waals surface area (Å²) in [6.45, 7) is 6.34. The van der Waals surface area contributed by atoms with Gasteiger partial charge in [0.2, 0.25) is 0 Å². The van der Waals surface area contributed by atoms with E-state index in [1.165, 1.54) is 0 Å². The van der Waals surface area contributed by atoms with Crippen LogP contribution in [0.1, 0.15) is 32.9 Å².